The number of para-hydroxylation sites is 1. The van der Waals surface area contributed by atoms with Gasteiger partial charge in [0.05, 0.1) is 27.6 Å². The summed E-state index contributed by atoms with van der Waals surface area (Å²) in [7, 11) is 0. The molecule has 0 fully saturated rings. The van der Waals surface area contributed by atoms with Crippen LogP contribution in [-0.4, -0.2) is 41.6 Å². The molecule has 13 heteroatoms. The van der Waals surface area contributed by atoms with E-state index in [4.69, 9.17) is 51.0 Å². The lowest BCUT2D eigenvalue weighted by molar-refractivity contribution is -0.120. The van der Waals surface area contributed by atoms with E-state index in [0.29, 0.717) is 32.0 Å². The summed E-state index contributed by atoms with van der Waals surface area (Å²) in [6.45, 7) is -0.446. The molecule has 3 aromatic rings. The van der Waals surface area contributed by atoms with E-state index in [1.165, 1.54) is 0 Å². The fourth-order valence-corrected chi connectivity index (χ4v) is 4.06. The number of primary amides is 2. The Balaban J connectivity index is 0.000000214. The fourth-order valence-electron chi connectivity index (χ4n) is 3.06. The third-order valence-electron chi connectivity index (χ3n) is 4.52. The average molecular weight is 553 g/mol. The van der Waals surface area contributed by atoms with Gasteiger partial charge in [-0.15, -0.1) is 0 Å². The van der Waals surface area contributed by atoms with Crippen LogP contribution in [0.2, 0.25) is 15.1 Å². The Morgan fingerprint density at radius 1 is 1.08 bits per heavy atom. The maximum Gasteiger partial charge on any atom is 0.255 e. The van der Waals surface area contributed by atoms with Crippen LogP contribution in [-0.2, 0) is 9.59 Å². The lowest BCUT2D eigenvalue weighted by Crippen LogP contribution is -2.22. The summed E-state index contributed by atoms with van der Waals surface area (Å²) in [5.74, 6) is -2.77. The van der Waals surface area contributed by atoms with Crippen molar-refractivity contribution in [3.63, 3.8) is 0 Å². The quantitative estimate of drug-likeness (QED) is 0.442. The highest BCUT2D eigenvalue weighted by atomic mass is 35.5. The Bertz CT molecular complexity index is 1360. The van der Waals surface area contributed by atoms with Gasteiger partial charge in [-0.05, 0) is 24.3 Å². The van der Waals surface area contributed by atoms with Gasteiger partial charge in [0, 0.05) is 16.1 Å². The number of pyridine rings is 1. The number of fused-ring (bicyclic) bond motifs is 1. The number of ether oxygens (including phenoxy) is 1. The number of benzene rings is 2. The molecule has 9 nitrogen and oxygen atoms in total. The van der Waals surface area contributed by atoms with E-state index in [9.17, 15) is 18.8 Å². The van der Waals surface area contributed by atoms with Crippen LogP contribution in [0.15, 0.2) is 53.7 Å². The zero-order valence-corrected chi connectivity index (χ0v) is 20.5. The standard InChI is InChI=1S/C15H9Cl3N2O.C8H8FN3O3/c16-8-5-10(17)14(11(18)6-8)15-9-3-1-2-4-12(9)20-13(21)7-19-15;9-4-1-5(7(11)14)8(12-2-4)15-3-6(10)13/h1-6H,7H2,(H,20,21);1-2H,3H2,(H2,10,13)(H2,11,14). The topological polar surface area (TPSA) is 150 Å². The van der Waals surface area contributed by atoms with Crippen LogP contribution in [0, 0.1) is 5.82 Å². The first-order valence-corrected chi connectivity index (χ1v) is 11.1. The largest absolute Gasteiger partial charge is 0.467 e. The first-order chi connectivity index (χ1) is 17.1. The summed E-state index contributed by atoms with van der Waals surface area (Å²) in [6.07, 6.45) is 0.836. The van der Waals surface area contributed by atoms with Gasteiger partial charge in [0.1, 0.15) is 17.9 Å². The minimum absolute atomic E-state index is 0.0132. The van der Waals surface area contributed by atoms with Gasteiger partial charge in [0.25, 0.3) is 11.8 Å². The van der Waals surface area contributed by atoms with Crippen molar-refractivity contribution in [1.82, 2.24) is 4.98 Å². The highest BCUT2D eigenvalue weighted by Crippen LogP contribution is 2.33. The number of nitrogens with one attached hydrogen (secondary N) is 1. The van der Waals surface area contributed by atoms with Crippen molar-refractivity contribution in [2.24, 2.45) is 16.5 Å². The highest BCUT2D eigenvalue weighted by molar-refractivity contribution is 6.44. The third kappa shape index (κ3) is 6.69. The molecule has 36 heavy (non-hydrogen) atoms. The first kappa shape index (κ1) is 26.9. The number of amides is 3. The van der Waals surface area contributed by atoms with E-state index in [-0.39, 0.29) is 23.9 Å². The molecule has 2 aromatic carbocycles. The fraction of sp³-hybridized carbons (Fsp3) is 0.0870. The van der Waals surface area contributed by atoms with Gasteiger partial charge in [0.2, 0.25) is 11.8 Å². The molecule has 0 radical (unpaired) electrons. The lowest BCUT2D eigenvalue weighted by Gasteiger charge is -2.12. The zero-order valence-electron chi connectivity index (χ0n) is 18.2. The Morgan fingerprint density at radius 3 is 2.39 bits per heavy atom. The van der Waals surface area contributed by atoms with Crippen molar-refractivity contribution in [3.05, 3.63) is 86.2 Å². The number of hydrogen-bond donors (Lipinski definition) is 3. The number of aliphatic imine (C=N–C) groups is 1. The summed E-state index contributed by atoms with van der Waals surface area (Å²) in [6, 6.07) is 11.5. The summed E-state index contributed by atoms with van der Waals surface area (Å²) in [4.78, 5) is 40.8. The molecule has 186 valence electrons. The minimum Gasteiger partial charge on any atom is -0.467 e. The molecule has 0 atom stereocenters. The van der Waals surface area contributed by atoms with Crippen LogP contribution in [0.4, 0.5) is 10.1 Å². The summed E-state index contributed by atoms with van der Waals surface area (Å²) < 4.78 is 17.5. The monoisotopic (exact) mass is 551 g/mol. The van der Waals surface area contributed by atoms with Gasteiger partial charge in [-0.3, -0.25) is 19.4 Å². The lowest BCUT2D eigenvalue weighted by atomic mass is 10.0. The maximum atomic E-state index is 12.7. The number of hydrogen-bond acceptors (Lipinski definition) is 6. The SMILES string of the molecule is NC(=O)COc1ncc(F)cc1C(N)=O.O=C1CN=C(c2c(Cl)cc(Cl)cc2Cl)c2ccccc2N1. The molecule has 0 unspecified atom stereocenters. The Kier molecular flexibility index (Phi) is 8.81. The normalized spacial score (nSPS) is 12.2. The second kappa shape index (κ2) is 11.8. The van der Waals surface area contributed by atoms with E-state index in [0.717, 1.165) is 17.8 Å². The van der Waals surface area contributed by atoms with Gasteiger partial charge in [-0.2, -0.15) is 0 Å². The van der Waals surface area contributed by atoms with Crippen LogP contribution in [0.1, 0.15) is 21.5 Å². The molecule has 0 spiro atoms. The van der Waals surface area contributed by atoms with Gasteiger partial charge in [-0.25, -0.2) is 9.37 Å². The molecule has 1 aliphatic heterocycles. The molecular formula is C23H17Cl3FN5O4. The van der Waals surface area contributed by atoms with Crippen molar-refractivity contribution in [3.8, 4) is 5.88 Å². The Hall–Kier alpha value is -3.73. The van der Waals surface area contributed by atoms with Gasteiger partial charge in [0.15, 0.2) is 6.61 Å². The molecule has 1 aliphatic rings. The Labute approximate surface area is 219 Å². The van der Waals surface area contributed by atoms with Crippen molar-refractivity contribution >= 4 is 63.9 Å². The molecule has 5 N–H and O–H groups in total. The molecule has 4 rings (SSSR count). The maximum absolute atomic E-state index is 12.7. The number of aromatic nitrogens is 1. The molecule has 0 saturated heterocycles. The van der Waals surface area contributed by atoms with E-state index in [1.807, 2.05) is 24.3 Å². The van der Waals surface area contributed by atoms with Crippen molar-refractivity contribution in [2.75, 3.05) is 18.5 Å². The predicted molar refractivity (Wildman–Crippen MR) is 134 cm³/mol. The Morgan fingerprint density at radius 2 is 1.75 bits per heavy atom. The molecule has 0 bridgehead atoms. The minimum atomic E-state index is -0.901. The van der Waals surface area contributed by atoms with Crippen molar-refractivity contribution in [2.45, 2.75) is 0 Å². The summed E-state index contributed by atoms with van der Waals surface area (Å²) in [5, 5.41) is 4.05. The molecule has 1 aromatic heterocycles. The molecule has 0 aliphatic carbocycles. The van der Waals surface area contributed by atoms with E-state index in [1.54, 1.807) is 12.1 Å². The van der Waals surface area contributed by atoms with Crippen LogP contribution >= 0.6 is 34.8 Å². The van der Waals surface area contributed by atoms with Crippen molar-refractivity contribution < 1.29 is 23.5 Å². The van der Waals surface area contributed by atoms with E-state index < -0.39 is 24.2 Å². The smallest absolute Gasteiger partial charge is 0.255 e. The average Bonchev–Trinajstić information content (AvgIpc) is 2.96. The summed E-state index contributed by atoms with van der Waals surface area (Å²) >= 11 is 18.5. The number of rotatable bonds is 5. The number of carbonyl (C=O) groups is 3. The highest BCUT2D eigenvalue weighted by Gasteiger charge is 2.22. The second-order valence-corrected chi connectivity index (χ2v) is 8.38. The predicted octanol–water partition coefficient (Wildman–Crippen LogP) is 3.62. The van der Waals surface area contributed by atoms with Gasteiger partial charge >= 0.3 is 0 Å². The first-order valence-electron chi connectivity index (χ1n) is 10.0. The number of nitrogens with zero attached hydrogens (tertiary/aromatic N) is 2. The van der Waals surface area contributed by atoms with E-state index in [2.05, 4.69) is 15.3 Å². The number of halogens is 4. The number of nitrogens with two attached hydrogens (primary N) is 2. The number of anilines is 1. The van der Waals surface area contributed by atoms with Crippen LogP contribution < -0.4 is 21.5 Å². The molecular weight excluding hydrogens is 536 g/mol. The van der Waals surface area contributed by atoms with Crippen LogP contribution in [0.25, 0.3) is 0 Å². The van der Waals surface area contributed by atoms with Gasteiger partial charge in [-0.1, -0.05) is 53.0 Å². The number of carbonyl (C=O) groups excluding carboxylic acids is 3. The molecule has 2 heterocycles. The molecule has 0 saturated carbocycles. The number of benzodiazepines with no additional fused rings is 1. The molecule has 3 amide bonds. The van der Waals surface area contributed by atoms with Gasteiger partial charge < -0.3 is 21.5 Å². The van der Waals surface area contributed by atoms with Crippen molar-refractivity contribution in [1.29, 1.82) is 0 Å². The van der Waals surface area contributed by atoms with Crippen LogP contribution in [0.3, 0.4) is 0 Å². The zero-order chi connectivity index (χ0) is 26.4. The van der Waals surface area contributed by atoms with E-state index >= 15 is 0 Å². The van der Waals surface area contributed by atoms with Crippen LogP contribution in [0.5, 0.6) is 5.88 Å². The third-order valence-corrected chi connectivity index (χ3v) is 5.33. The second-order valence-electron chi connectivity index (χ2n) is 7.13. The summed E-state index contributed by atoms with van der Waals surface area (Å²) in [5.41, 5.74) is 12.1.